The summed E-state index contributed by atoms with van der Waals surface area (Å²) < 4.78 is 343. The Morgan fingerprint density at radius 1 is 0.314 bits per heavy atom. The number of nitrogens with zero attached hydrogens (tertiary/aromatic N) is 1. The molecule has 8 aromatic carbocycles. The summed E-state index contributed by atoms with van der Waals surface area (Å²) in [5.41, 5.74) is -27.3. The Kier molecular flexibility index (Phi) is 16.5. The van der Waals surface area contributed by atoms with Crippen LogP contribution in [0.15, 0.2) is 182 Å². The highest BCUT2D eigenvalue weighted by Crippen LogP contribution is 2.42. The van der Waals surface area contributed by atoms with E-state index in [1.54, 1.807) is 0 Å². The third-order valence-corrected chi connectivity index (χ3v) is 13.8. The lowest BCUT2D eigenvalue weighted by molar-refractivity contribution is -0.671. The molecule has 0 N–H and O–H groups in total. The van der Waals surface area contributed by atoms with Gasteiger partial charge < -0.3 is 0 Å². The molecule has 27 heteroatoms. The maximum absolute atomic E-state index is 14.2. The molecule has 0 aliphatic carbocycles. The summed E-state index contributed by atoms with van der Waals surface area (Å²) in [7, 11) is 0. The van der Waals surface area contributed by atoms with E-state index < -0.39 is 195 Å². The van der Waals surface area contributed by atoms with Crippen LogP contribution in [0.2, 0.25) is 0 Å². The monoisotopic (exact) mass is 1240 g/mol. The molecule has 450 valence electrons. The maximum Gasteiger partial charge on any atom is 0.416 e. The van der Waals surface area contributed by atoms with E-state index in [2.05, 4.69) is 71.3 Å². The molecule has 0 radical (unpaired) electrons. The van der Waals surface area contributed by atoms with E-state index in [4.69, 9.17) is 0 Å². The standard InChI is InChI=1S/C32H12BF24.C27H20NO/c34-25(35,36)13-1-14(26(37,38)39)6-21(5-13)33(22-7-15(27(40,41)42)2-16(8-22)28(43,44)45,23-9-17(29(46,47)48)3-18(10-23)30(49,50)51)24-11-19(31(52,53)54)4-20(12-24)32(55,56)57;29-26(22-10-2-1-3-11-22)19-28-17-16-21-9-6-7-13-25(21)27(28)24-15-14-20-8-4-5-12-23(20)18-24/h1-12H;1-18H,19H2/q-1;+1. The number of hydrogen-bond donors (Lipinski definition) is 0. The van der Waals surface area contributed by atoms with E-state index in [0.717, 1.165) is 22.2 Å². The van der Waals surface area contributed by atoms with Gasteiger partial charge in [0.25, 0.3) is 0 Å². The highest BCUT2D eigenvalue weighted by Gasteiger charge is 2.47. The van der Waals surface area contributed by atoms with E-state index >= 15 is 0 Å². The molecule has 0 spiro atoms. The van der Waals surface area contributed by atoms with Gasteiger partial charge in [0.15, 0.2) is 6.20 Å². The fraction of sp³-hybridized carbons (Fsp3) is 0.153. The predicted octanol–water partition coefficient (Wildman–Crippen LogP) is 17.0. The number of Topliss-reactive ketones (excluding diaryl/α,β-unsaturated/α-hetero) is 1. The Morgan fingerprint density at radius 2 is 0.616 bits per heavy atom. The van der Waals surface area contributed by atoms with Gasteiger partial charge in [-0.15, -0.1) is 0 Å². The fourth-order valence-corrected chi connectivity index (χ4v) is 9.99. The van der Waals surface area contributed by atoms with Gasteiger partial charge in [-0.05, 0) is 58.6 Å². The van der Waals surface area contributed by atoms with Crippen LogP contribution >= 0.6 is 0 Å². The van der Waals surface area contributed by atoms with Crippen LogP contribution in [-0.2, 0) is 56.0 Å². The van der Waals surface area contributed by atoms with Gasteiger partial charge in [-0.1, -0.05) is 127 Å². The molecule has 1 aromatic heterocycles. The smallest absolute Gasteiger partial charge is 0.287 e. The van der Waals surface area contributed by atoms with Crippen LogP contribution in [-0.4, -0.2) is 11.9 Å². The van der Waals surface area contributed by atoms with Crippen LogP contribution in [0, 0.1) is 0 Å². The first-order valence-corrected chi connectivity index (χ1v) is 24.4. The van der Waals surface area contributed by atoms with Crippen molar-refractivity contribution in [3.8, 4) is 11.3 Å². The number of hydrogen-bond acceptors (Lipinski definition) is 1. The normalized spacial score (nSPS) is 13.2. The summed E-state index contributed by atoms with van der Waals surface area (Å²) >= 11 is 0. The molecular weight excluding hydrogens is 1210 g/mol. The first-order chi connectivity index (χ1) is 39.6. The Balaban J connectivity index is 0.000000274. The number of rotatable bonds is 8. The summed E-state index contributed by atoms with van der Waals surface area (Å²) in [5, 5.41) is 4.72. The van der Waals surface area contributed by atoms with Crippen molar-refractivity contribution in [3.05, 3.63) is 232 Å². The maximum atomic E-state index is 14.2. The summed E-state index contributed by atoms with van der Waals surface area (Å²) in [5.74, 6) is 0.105. The highest BCUT2D eigenvalue weighted by molar-refractivity contribution is 7.20. The lowest BCUT2D eigenvalue weighted by Gasteiger charge is -2.46. The topological polar surface area (TPSA) is 20.9 Å². The van der Waals surface area contributed by atoms with Crippen molar-refractivity contribution in [1.29, 1.82) is 0 Å². The second kappa shape index (κ2) is 22.4. The fourth-order valence-electron chi connectivity index (χ4n) is 9.99. The number of fused-ring (bicyclic) bond motifs is 2. The second-order valence-corrected chi connectivity index (χ2v) is 19.5. The molecule has 86 heavy (non-hydrogen) atoms. The first kappa shape index (κ1) is 63.5. The van der Waals surface area contributed by atoms with Gasteiger partial charge in [0.2, 0.25) is 18.0 Å². The van der Waals surface area contributed by atoms with E-state index in [1.165, 1.54) is 16.2 Å². The summed E-state index contributed by atoms with van der Waals surface area (Å²) in [6, 6.07) is 26.0. The van der Waals surface area contributed by atoms with Gasteiger partial charge in [-0.2, -0.15) is 132 Å². The minimum atomic E-state index is -6.13. The van der Waals surface area contributed by atoms with Gasteiger partial charge in [-0.25, -0.2) is 0 Å². The predicted molar refractivity (Wildman–Crippen MR) is 268 cm³/mol. The molecule has 2 nitrogen and oxygen atoms in total. The van der Waals surface area contributed by atoms with Crippen molar-refractivity contribution in [2.24, 2.45) is 0 Å². The number of pyridine rings is 1. The van der Waals surface area contributed by atoms with Crippen LogP contribution < -0.4 is 26.4 Å². The molecule has 0 bridgehead atoms. The van der Waals surface area contributed by atoms with E-state index in [0.29, 0.717) is 6.54 Å². The Labute approximate surface area is 468 Å². The van der Waals surface area contributed by atoms with Crippen LogP contribution in [0.4, 0.5) is 105 Å². The molecule has 0 unspecified atom stereocenters. The zero-order valence-corrected chi connectivity index (χ0v) is 42.5. The Morgan fingerprint density at radius 3 is 0.953 bits per heavy atom. The summed E-state index contributed by atoms with van der Waals surface area (Å²) in [6.07, 6.45) is -52.8. The van der Waals surface area contributed by atoms with Crippen LogP contribution in [0.1, 0.15) is 54.9 Å². The Bertz CT molecular complexity index is 3560. The Hall–Kier alpha value is -8.52. The van der Waals surface area contributed by atoms with E-state index in [1.807, 2.05) is 42.6 Å². The van der Waals surface area contributed by atoms with Crippen LogP contribution in [0.3, 0.4) is 0 Å². The number of carbonyl (C=O) groups excluding carboxylic acids is 1. The molecule has 0 fully saturated rings. The average Bonchev–Trinajstić information content (AvgIpc) is 0.740. The van der Waals surface area contributed by atoms with Gasteiger partial charge in [0.05, 0.1) is 49.9 Å². The number of halogens is 24. The van der Waals surface area contributed by atoms with Crippen molar-refractivity contribution in [3.63, 3.8) is 0 Å². The molecule has 0 aliphatic rings. The number of ketones is 1. The quantitative estimate of drug-likeness (QED) is 0.0643. The molecule has 0 atom stereocenters. The third kappa shape index (κ3) is 13.6. The number of carbonyl (C=O) groups is 1. The molecule has 0 amide bonds. The molecule has 1 heterocycles. The van der Waals surface area contributed by atoms with Crippen molar-refractivity contribution >= 4 is 55.3 Å². The summed E-state index contributed by atoms with van der Waals surface area (Å²) in [4.78, 5) is 12.9. The zero-order chi connectivity index (χ0) is 63.5. The molecular formula is C59H32BF24NO. The highest BCUT2D eigenvalue weighted by atomic mass is 19.4. The lowest BCUT2D eigenvalue weighted by atomic mass is 9.12. The SMILES string of the molecule is FC(F)(F)c1cc([B-](c2cc(C(F)(F)F)cc(C(F)(F)F)c2)(c2cc(C(F)(F)F)cc(C(F)(F)F)c2)c2cc(C(F)(F)F)cc(C(F)(F)F)c2)cc(C(F)(F)F)c1.O=C(C[n+]1ccc2ccccc2c1-c1ccc2ccccc2c1)c1ccccc1. The minimum Gasteiger partial charge on any atom is -0.287 e. The van der Waals surface area contributed by atoms with Crippen LogP contribution in [0.5, 0.6) is 0 Å². The number of benzene rings is 8. The molecule has 0 saturated heterocycles. The van der Waals surface area contributed by atoms with Gasteiger partial charge in [0.1, 0.15) is 6.15 Å². The number of aromatic nitrogens is 1. The second-order valence-electron chi connectivity index (χ2n) is 19.5. The third-order valence-electron chi connectivity index (χ3n) is 13.8. The van der Waals surface area contributed by atoms with Gasteiger partial charge in [0, 0.05) is 17.2 Å². The van der Waals surface area contributed by atoms with Gasteiger partial charge in [-0.3, -0.25) is 4.79 Å². The minimum absolute atomic E-state index is 0.105. The van der Waals surface area contributed by atoms with E-state index in [-0.39, 0.29) is 5.78 Å². The lowest BCUT2D eigenvalue weighted by Crippen LogP contribution is -2.75. The first-order valence-electron chi connectivity index (χ1n) is 24.4. The largest absolute Gasteiger partial charge is 0.416 e. The summed E-state index contributed by atoms with van der Waals surface area (Å²) in [6.45, 7) is 0.303. The van der Waals surface area contributed by atoms with Gasteiger partial charge >= 0.3 is 49.4 Å². The van der Waals surface area contributed by atoms with E-state index in [9.17, 15) is 110 Å². The van der Waals surface area contributed by atoms with Crippen molar-refractivity contribution in [2.75, 3.05) is 0 Å². The average molecular weight is 1240 g/mol. The molecule has 0 aliphatic heterocycles. The molecule has 0 saturated carbocycles. The van der Waals surface area contributed by atoms with Crippen molar-refractivity contribution < 1.29 is 115 Å². The zero-order valence-electron chi connectivity index (χ0n) is 42.5. The number of alkyl halides is 24. The van der Waals surface area contributed by atoms with Crippen LogP contribution in [0.25, 0.3) is 32.8 Å². The molecule has 9 rings (SSSR count). The molecule has 9 aromatic rings. The van der Waals surface area contributed by atoms with Crippen molar-refractivity contribution in [1.82, 2.24) is 0 Å². The van der Waals surface area contributed by atoms with Crippen molar-refractivity contribution in [2.45, 2.75) is 56.0 Å².